The molecule has 1 aromatic rings. The van der Waals surface area contributed by atoms with Gasteiger partial charge in [-0.25, -0.2) is 4.79 Å². The third kappa shape index (κ3) is 1.75. The quantitative estimate of drug-likeness (QED) is 0.665. The van der Waals surface area contributed by atoms with Crippen LogP contribution in [0.5, 0.6) is 0 Å². The number of nitrogens with one attached hydrogen (secondary N) is 1. The number of hydrogen-bond acceptors (Lipinski definition) is 4. The molecule has 0 aliphatic carbocycles. The van der Waals surface area contributed by atoms with Crippen molar-refractivity contribution >= 4 is 5.97 Å². The van der Waals surface area contributed by atoms with Crippen molar-refractivity contribution in [2.45, 2.75) is 18.4 Å². The van der Waals surface area contributed by atoms with Crippen molar-refractivity contribution < 1.29 is 19.4 Å². The molecular weight excluding hydrogens is 198 g/mol. The standard InChI is InChI=1S/C10H13NO4/c12-9(13)7-1-6-15-8(7)10(14)2-4-11-5-3-10/h1,6,11,14H,2-5H2,(H,12,13). The van der Waals surface area contributed by atoms with E-state index in [4.69, 9.17) is 9.52 Å². The van der Waals surface area contributed by atoms with Crippen molar-refractivity contribution in [3.05, 3.63) is 23.7 Å². The molecule has 0 spiro atoms. The monoisotopic (exact) mass is 211 g/mol. The lowest BCUT2D eigenvalue weighted by atomic mass is 9.88. The van der Waals surface area contributed by atoms with Crippen LogP contribution >= 0.6 is 0 Å². The van der Waals surface area contributed by atoms with E-state index in [-0.39, 0.29) is 11.3 Å². The van der Waals surface area contributed by atoms with Crippen LogP contribution in [0.25, 0.3) is 0 Å². The van der Waals surface area contributed by atoms with Crippen LogP contribution < -0.4 is 5.32 Å². The minimum absolute atomic E-state index is 0.0550. The molecule has 5 nitrogen and oxygen atoms in total. The fourth-order valence-electron chi connectivity index (χ4n) is 1.91. The van der Waals surface area contributed by atoms with Gasteiger partial charge in [0.2, 0.25) is 0 Å². The molecule has 2 heterocycles. The van der Waals surface area contributed by atoms with Crippen molar-refractivity contribution in [2.75, 3.05) is 13.1 Å². The molecule has 1 aliphatic rings. The number of furan rings is 1. The summed E-state index contributed by atoms with van der Waals surface area (Å²) in [6.45, 7) is 1.33. The van der Waals surface area contributed by atoms with Crippen molar-refractivity contribution in [2.24, 2.45) is 0 Å². The fourth-order valence-corrected chi connectivity index (χ4v) is 1.91. The number of hydrogen-bond donors (Lipinski definition) is 3. The van der Waals surface area contributed by atoms with Gasteiger partial charge in [-0.15, -0.1) is 0 Å². The van der Waals surface area contributed by atoms with Crippen LogP contribution in [0.3, 0.4) is 0 Å². The molecule has 1 fully saturated rings. The lowest BCUT2D eigenvalue weighted by molar-refractivity contribution is -0.0150. The summed E-state index contributed by atoms with van der Waals surface area (Å²) in [6.07, 6.45) is 2.25. The Hall–Kier alpha value is -1.33. The number of carboxylic acid groups (broad SMARTS) is 1. The van der Waals surface area contributed by atoms with Crippen LogP contribution in [0, 0.1) is 0 Å². The van der Waals surface area contributed by atoms with E-state index >= 15 is 0 Å². The van der Waals surface area contributed by atoms with Crippen molar-refractivity contribution in [1.29, 1.82) is 0 Å². The highest BCUT2D eigenvalue weighted by atomic mass is 16.4. The summed E-state index contributed by atoms with van der Waals surface area (Å²) in [5.74, 6) is -0.887. The van der Waals surface area contributed by atoms with Gasteiger partial charge < -0.3 is 19.9 Å². The fraction of sp³-hybridized carbons (Fsp3) is 0.500. The molecule has 3 N–H and O–H groups in total. The van der Waals surface area contributed by atoms with Crippen LogP contribution in [0.2, 0.25) is 0 Å². The maximum Gasteiger partial charge on any atom is 0.339 e. The van der Waals surface area contributed by atoms with Gasteiger partial charge in [0.15, 0.2) is 0 Å². The van der Waals surface area contributed by atoms with E-state index in [0.717, 1.165) is 0 Å². The molecule has 1 aromatic heterocycles. The van der Waals surface area contributed by atoms with Gasteiger partial charge in [-0.3, -0.25) is 0 Å². The first-order valence-corrected chi connectivity index (χ1v) is 4.88. The van der Waals surface area contributed by atoms with Gasteiger partial charge in [-0.1, -0.05) is 0 Å². The minimum Gasteiger partial charge on any atom is -0.478 e. The van der Waals surface area contributed by atoms with Crippen LogP contribution in [0.15, 0.2) is 16.7 Å². The Morgan fingerprint density at radius 1 is 1.47 bits per heavy atom. The molecular formula is C10H13NO4. The number of rotatable bonds is 2. The maximum absolute atomic E-state index is 10.9. The zero-order chi connectivity index (χ0) is 10.9. The maximum atomic E-state index is 10.9. The molecule has 1 saturated heterocycles. The zero-order valence-electron chi connectivity index (χ0n) is 8.19. The predicted octanol–water partition coefficient (Wildman–Crippen LogP) is 0.549. The minimum atomic E-state index is -1.14. The Morgan fingerprint density at radius 2 is 2.13 bits per heavy atom. The summed E-state index contributed by atoms with van der Waals surface area (Å²) in [7, 11) is 0. The molecule has 0 atom stereocenters. The second kappa shape index (κ2) is 3.67. The Balaban J connectivity index is 2.34. The predicted molar refractivity (Wildman–Crippen MR) is 51.7 cm³/mol. The normalized spacial score (nSPS) is 20.1. The summed E-state index contributed by atoms with van der Waals surface area (Å²) >= 11 is 0. The van der Waals surface area contributed by atoms with E-state index < -0.39 is 11.6 Å². The van der Waals surface area contributed by atoms with Gasteiger partial charge in [0.05, 0.1) is 6.26 Å². The van der Waals surface area contributed by atoms with Gasteiger partial charge in [-0.05, 0) is 32.0 Å². The van der Waals surface area contributed by atoms with Crippen molar-refractivity contribution in [3.8, 4) is 0 Å². The van der Waals surface area contributed by atoms with E-state index in [1.807, 2.05) is 0 Å². The molecule has 1 aliphatic heterocycles. The van der Waals surface area contributed by atoms with Crippen LogP contribution in [0.1, 0.15) is 29.0 Å². The first kappa shape index (κ1) is 10.2. The number of aromatic carboxylic acids is 1. The van der Waals surface area contributed by atoms with Crippen molar-refractivity contribution in [3.63, 3.8) is 0 Å². The molecule has 0 amide bonds. The lowest BCUT2D eigenvalue weighted by Crippen LogP contribution is -2.40. The highest BCUT2D eigenvalue weighted by Crippen LogP contribution is 2.33. The summed E-state index contributed by atoms with van der Waals surface area (Å²) in [5.41, 5.74) is -1.08. The van der Waals surface area contributed by atoms with E-state index in [9.17, 15) is 9.90 Å². The Morgan fingerprint density at radius 3 is 2.73 bits per heavy atom. The number of carbonyl (C=O) groups is 1. The molecule has 82 valence electrons. The highest BCUT2D eigenvalue weighted by molar-refractivity contribution is 5.89. The number of piperidine rings is 1. The Labute approximate surface area is 86.7 Å². The van der Waals surface area contributed by atoms with Gasteiger partial charge in [0.25, 0.3) is 0 Å². The third-order valence-electron chi connectivity index (χ3n) is 2.75. The van der Waals surface area contributed by atoms with E-state index in [1.54, 1.807) is 0 Å². The SMILES string of the molecule is O=C(O)c1ccoc1C1(O)CCNCC1. The second-order valence-corrected chi connectivity index (χ2v) is 3.75. The molecule has 0 saturated carbocycles. The molecule has 15 heavy (non-hydrogen) atoms. The van der Waals surface area contributed by atoms with Gasteiger partial charge in [0, 0.05) is 0 Å². The molecule has 0 bridgehead atoms. The summed E-state index contributed by atoms with van der Waals surface area (Å²) in [4.78, 5) is 10.9. The summed E-state index contributed by atoms with van der Waals surface area (Å²) in [5, 5.41) is 22.3. The molecule has 0 radical (unpaired) electrons. The van der Waals surface area contributed by atoms with E-state index in [0.29, 0.717) is 25.9 Å². The summed E-state index contributed by atoms with van der Waals surface area (Å²) < 4.78 is 5.11. The molecule has 5 heteroatoms. The van der Waals surface area contributed by atoms with Crippen molar-refractivity contribution in [1.82, 2.24) is 5.32 Å². The number of aliphatic hydroxyl groups is 1. The molecule has 2 rings (SSSR count). The first-order chi connectivity index (χ1) is 7.13. The second-order valence-electron chi connectivity index (χ2n) is 3.75. The zero-order valence-corrected chi connectivity index (χ0v) is 8.19. The van der Waals surface area contributed by atoms with Crippen LogP contribution in [-0.2, 0) is 5.60 Å². The van der Waals surface area contributed by atoms with Gasteiger partial charge in [-0.2, -0.15) is 0 Å². The average Bonchev–Trinajstić information content (AvgIpc) is 2.67. The molecule has 0 aromatic carbocycles. The van der Waals surface area contributed by atoms with Gasteiger partial charge >= 0.3 is 5.97 Å². The third-order valence-corrected chi connectivity index (χ3v) is 2.75. The summed E-state index contributed by atoms with van der Waals surface area (Å²) in [6, 6.07) is 1.37. The first-order valence-electron chi connectivity index (χ1n) is 4.88. The largest absolute Gasteiger partial charge is 0.478 e. The highest BCUT2D eigenvalue weighted by Gasteiger charge is 2.37. The smallest absolute Gasteiger partial charge is 0.339 e. The average molecular weight is 211 g/mol. The lowest BCUT2D eigenvalue weighted by Gasteiger charge is -2.31. The van der Waals surface area contributed by atoms with E-state index in [2.05, 4.69) is 5.32 Å². The topological polar surface area (TPSA) is 82.7 Å². The van der Waals surface area contributed by atoms with Crippen LogP contribution in [0.4, 0.5) is 0 Å². The van der Waals surface area contributed by atoms with Crippen LogP contribution in [-0.4, -0.2) is 29.3 Å². The Kier molecular flexibility index (Phi) is 2.50. The number of carboxylic acids is 1. The molecule has 0 unspecified atom stereocenters. The van der Waals surface area contributed by atoms with E-state index in [1.165, 1.54) is 12.3 Å². The van der Waals surface area contributed by atoms with Gasteiger partial charge in [0.1, 0.15) is 16.9 Å². The Bertz CT molecular complexity index is 365.